The molecule has 0 saturated heterocycles. The van der Waals surface area contributed by atoms with Gasteiger partial charge in [-0.3, -0.25) is 4.68 Å². The second kappa shape index (κ2) is 6.27. The van der Waals surface area contributed by atoms with Crippen LogP contribution in [0.2, 0.25) is 5.02 Å². The topological polar surface area (TPSA) is 47.1 Å². The van der Waals surface area contributed by atoms with Crippen LogP contribution in [-0.4, -0.2) is 34.3 Å². The van der Waals surface area contributed by atoms with Gasteiger partial charge in [0.05, 0.1) is 23.0 Å². The fraction of sp³-hybridized carbons (Fsp3) is 0.812. The first-order valence-corrected chi connectivity index (χ1v) is 8.33. The van der Waals surface area contributed by atoms with Gasteiger partial charge in [-0.2, -0.15) is 5.10 Å². The largest absolute Gasteiger partial charge is 0.321 e. The Hall–Kier alpha value is -0.580. The highest BCUT2D eigenvalue weighted by Crippen LogP contribution is 2.44. The molecule has 1 saturated carbocycles. The van der Waals surface area contributed by atoms with Gasteiger partial charge in [-0.15, -0.1) is 0 Å². The third-order valence-corrected chi connectivity index (χ3v) is 5.47. The number of nitrogens with zero attached hydrogens (tertiary/aromatic N) is 3. The molecular weight excluding hydrogens is 284 g/mol. The summed E-state index contributed by atoms with van der Waals surface area (Å²) in [6.07, 6.45) is 6.40. The maximum Gasteiger partial charge on any atom is 0.0834 e. The van der Waals surface area contributed by atoms with Crippen molar-refractivity contribution in [2.75, 3.05) is 14.1 Å². The average Bonchev–Trinajstić information content (AvgIpc) is 2.80. The molecule has 1 aromatic rings. The summed E-state index contributed by atoms with van der Waals surface area (Å²) in [5, 5.41) is 5.11. The van der Waals surface area contributed by atoms with Crippen LogP contribution >= 0.6 is 11.6 Å². The number of hydrogen-bond acceptors (Lipinski definition) is 3. The molecule has 1 aliphatic carbocycles. The lowest BCUT2D eigenvalue weighted by molar-refractivity contribution is 0.0533. The van der Waals surface area contributed by atoms with Crippen LogP contribution in [0, 0.1) is 5.92 Å². The Morgan fingerprint density at radius 2 is 1.95 bits per heavy atom. The molecule has 2 rings (SSSR count). The number of likely N-dealkylation sites (N-methyl/N-ethyl adjacent to an activating group) is 1. The third-order valence-electron chi connectivity index (χ3n) is 5.18. The zero-order valence-corrected chi connectivity index (χ0v) is 14.7. The lowest BCUT2D eigenvalue weighted by Crippen LogP contribution is -2.54. The van der Waals surface area contributed by atoms with Crippen molar-refractivity contribution in [2.24, 2.45) is 11.7 Å². The smallest absolute Gasteiger partial charge is 0.0834 e. The van der Waals surface area contributed by atoms with Crippen LogP contribution in [0.1, 0.15) is 64.2 Å². The predicted octanol–water partition coefficient (Wildman–Crippen LogP) is 3.63. The van der Waals surface area contributed by atoms with Crippen molar-refractivity contribution < 1.29 is 0 Å². The number of rotatable bonds is 4. The Bertz CT molecular complexity index is 473. The first-order valence-electron chi connectivity index (χ1n) is 7.95. The Balaban J connectivity index is 2.40. The Labute approximate surface area is 133 Å². The van der Waals surface area contributed by atoms with Crippen LogP contribution in [0.5, 0.6) is 0 Å². The molecule has 0 aromatic carbocycles. The summed E-state index contributed by atoms with van der Waals surface area (Å²) >= 11 is 6.42. The van der Waals surface area contributed by atoms with Gasteiger partial charge >= 0.3 is 0 Å². The molecule has 1 atom stereocenters. The van der Waals surface area contributed by atoms with E-state index < -0.39 is 0 Å². The Morgan fingerprint density at radius 3 is 2.43 bits per heavy atom. The normalized spacial score (nSPS) is 28.3. The summed E-state index contributed by atoms with van der Waals surface area (Å²) < 4.78 is 1.98. The van der Waals surface area contributed by atoms with Gasteiger partial charge in [0.25, 0.3) is 0 Å². The van der Waals surface area contributed by atoms with E-state index in [0.29, 0.717) is 5.02 Å². The monoisotopic (exact) mass is 312 g/mol. The second-order valence-electron chi connectivity index (χ2n) is 7.07. The molecule has 1 aromatic heterocycles. The molecule has 2 N–H and O–H groups in total. The van der Waals surface area contributed by atoms with E-state index in [1.165, 1.54) is 12.8 Å². The summed E-state index contributed by atoms with van der Waals surface area (Å²) in [4.78, 5) is 2.30. The molecule has 5 heteroatoms. The van der Waals surface area contributed by atoms with Crippen LogP contribution in [0.15, 0.2) is 6.20 Å². The summed E-state index contributed by atoms with van der Waals surface area (Å²) in [6.45, 7) is 6.56. The lowest BCUT2D eigenvalue weighted by atomic mass is 9.71. The first kappa shape index (κ1) is 16.8. The van der Waals surface area contributed by atoms with Crippen LogP contribution in [0.4, 0.5) is 0 Å². The summed E-state index contributed by atoms with van der Waals surface area (Å²) in [7, 11) is 4.28. The SMILES string of the molecule is CC1CCC(C(N)c2c(Cl)cnn2C(C)C)(N(C)C)CC1. The molecule has 120 valence electrons. The van der Waals surface area contributed by atoms with Gasteiger partial charge < -0.3 is 10.6 Å². The van der Waals surface area contributed by atoms with Gasteiger partial charge in [0.1, 0.15) is 0 Å². The molecule has 4 nitrogen and oxygen atoms in total. The van der Waals surface area contributed by atoms with Crippen molar-refractivity contribution in [1.29, 1.82) is 0 Å². The predicted molar refractivity (Wildman–Crippen MR) is 88.6 cm³/mol. The zero-order chi connectivity index (χ0) is 15.8. The zero-order valence-electron chi connectivity index (χ0n) is 13.9. The van der Waals surface area contributed by atoms with E-state index in [-0.39, 0.29) is 17.6 Å². The second-order valence-corrected chi connectivity index (χ2v) is 7.48. The minimum atomic E-state index is -0.114. The van der Waals surface area contributed by atoms with E-state index in [9.17, 15) is 0 Å². The molecule has 21 heavy (non-hydrogen) atoms. The van der Waals surface area contributed by atoms with Crippen LogP contribution in [-0.2, 0) is 0 Å². The summed E-state index contributed by atoms with van der Waals surface area (Å²) in [6, 6.07) is 0.151. The Kier molecular flexibility index (Phi) is 5.01. The molecule has 0 amide bonds. The van der Waals surface area contributed by atoms with E-state index >= 15 is 0 Å². The van der Waals surface area contributed by atoms with Gasteiger partial charge in [-0.05, 0) is 59.5 Å². The maximum atomic E-state index is 6.75. The van der Waals surface area contributed by atoms with Gasteiger partial charge in [0, 0.05) is 11.6 Å². The van der Waals surface area contributed by atoms with Gasteiger partial charge in [0.2, 0.25) is 0 Å². The van der Waals surface area contributed by atoms with E-state index in [1.54, 1.807) is 6.20 Å². The van der Waals surface area contributed by atoms with Crippen molar-refractivity contribution in [3.8, 4) is 0 Å². The molecule has 0 aliphatic heterocycles. The minimum Gasteiger partial charge on any atom is -0.321 e. The van der Waals surface area contributed by atoms with Crippen LogP contribution in [0.3, 0.4) is 0 Å². The highest BCUT2D eigenvalue weighted by atomic mass is 35.5. The van der Waals surface area contributed by atoms with Gasteiger partial charge in [0.15, 0.2) is 0 Å². The van der Waals surface area contributed by atoms with Crippen molar-refractivity contribution >= 4 is 11.6 Å². The molecule has 0 radical (unpaired) electrons. The maximum absolute atomic E-state index is 6.75. The molecule has 1 fully saturated rings. The van der Waals surface area contributed by atoms with Crippen LogP contribution in [0.25, 0.3) is 0 Å². The highest BCUT2D eigenvalue weighted by Gasteiger charge is 2.44. The quantitative estimate of drug-likeness (QED) is 0.923. The standard InChI is InChI=1S/C16H29ClN4/c1-11(2)21-14(13(17)10-19-21)15(18)16(20(4)5)8-6-12(3)7-9-16/h10-12,15H,6-9,18H2,1-5H3. The van der Waals surface area contributed by atoms with Crippen molar-refractivity contribution in [3.05, 3.63) is 16.9 Å². The first-order chi connectivity index (χ1) is 9.79. The number of hydrogen-bond donors (Lipinski definition) is 1. The van der Waals surface area contributed by atoms with E-state index in [4.69, 9.17) is 17.3 Å². The number of aromatic nitrogens is 2. The minimum absolute atomic E-state index is 0.0250. The molecule has 1 unspecified atom stereocenters. The summed E-state index contributed by atoms with van der Waals surface area (Å²) in [5.41, 5.74) is 7.70. The van der Waals surface area contributed by atoms with Crippen LogP contribution < -0.4 is 5.73 Å². The number of halogens is 1. The van der Waals surface area contributed by atoms with Crippen molar-refractivity contribution in [2.45, 2.75) is 64.1 Å². The van der Waals surface area contributed by atoms with E-state index in [0.717, 1.165) is 24.5 Å². The summed E-state index contributed by atoms with van der Waals surface area (Å²) in [5.74, 6) is 0.788. The fourth-order valence-corrected chi connectivity index (χ4v) is 3.85. The average molecular weight is 313 g/mol. The molecular formula is C16H29ClN4. The molecule has 1 aliphatic rings. The van der Waals surface area contributed by atoms with E-state index in [2.05, 4.69) is 44.9 Å². The number of nitrogens with two attached hydrogens (primary N) is 1. The molecule has 0 spiro atoms. The van der Waals surface area contributed by atoms with Gasteiger partial charge in [-0.25, -0.2) is 0 Å². The lowest BCUT2D eigenvalue weighted by Gasteiger charge is -2.48. The molecule has 1 heterocycles. The van der Waals surface area contributed by atoms with Gasteiger partial charge in [-0.1, -0.05) is 18.5 Å². The van der Waals surface area contributed by atoms with E-state index in [1.807, 2.05) is 4.68 Å². The van der Waals surface area contributed by atoms with Crippen molar-refractivity contribution in [1.82, 2.24) is 14.7 Å². The molecule has 0 bridgehead atoms. The Morgan fingerprint density at radius 1 is 1.38 bits per heavy atom. The van der Waals surface area contributed by atoms with Crippen molar-refractivity contribution in [3.63, 3.8) is 0 Å². The third kappa shape index (κ3) is 2.99. The highest BCUT2D eigenvalue weighted by molar-refractivity contribution is 6.31. The fourth-order valence-electron chi connectivity index (χ4n) is 3.61.